The molecule has 0 spiro atoms. The molecule has 0 bridgehead atoms. The molecular weight excluding hydrogens is 494 g/mol. The van der Waals surface area contributed by atoms with Crippen LogP contribution in [0.5, 0.6) is 5.75 Å². The maximum absolute atomic E-state index is 12.8. The van der Waals surface area contributed by atoms with Crippen molar-refractivity contribution in [2.45, 2.75) is 6.92 Å². The zero-order chi connectivity index (χ0) is 19.6. The van der Waals surface area contributed by atoms with E-state index in [9.17, 15) is 4.79 Å². The van der Waals surface area contributed by atoms with Crippen LogP contribution < -0.4 is 15.4 Å². The molecule has 0 saturated carbocycles. The SMILES string of the molecule is COc1c(C(=O)NC(=S)Nc2ccc(Br)c(C)n2)cc2ccccc2c1Br. The number of fused-ring (bicyclic) bond motifs is 1. The highest BCUT2D eigenvalue weighted by Gasteiger charge is 2.19. The number of aryl methyl sites for hydroxylation is 1. The lowest BCUT2D eigenvalue weighted by atomic mass is 10.1. The summed E-state index contributed by atoms with van der Waals surface area (Å²) in [4.78, 5) is 17.1. The van der Waals surface area contributed by atoms with Crippen LogP contribution in [-0.2, 0) is 0 Å². The van der Waals surface area contributed by atoms with Gasteiger partial charge < -0.3 is 10.1 Å². The molecule has 0 atom stereocenters. The van der Waals surface area contributed by atoms with Gasteiger partial charge in [-0.2, -0.15) is 0 Å². The number of hydrogen-bond acceptors (Lipinski definition) is 4. The third-order valence-corrected chi connectivity index (χ3v) is 5.71. The van der Waals surface area contributed by atoms with Gasteiger partial charge in [0.05, 0.1) is 22.8 Å². The first-order valence-corrected chi connectivity index (χ1v) is 9.91. The summed E-state index contributed by atoms with van der Waals surface area (Å²) in [5.74, 6) is 0.629. The smallest absolute Gasteiger partial charge is 0.261 e. The van der Waals surface area contributed by atoms with Crippen LogP contribution in [0, 0.1) is 6.92 Å². The van der Waals surface area contributed by atoms with E-state index in [0.29, 0.717) is 17.1 Å². The summed E-state index contributed by atoms with van der Waals surface area (Å²) < 4.78 is 7.06. The van der Waals surface area contributed by atoms with E-state index in [-0.39, 0.29) is 11.0 Å². The first kappa shape index (κ1) is 19.7. The number of benzene rings is 2. The van der Waals surface area contributed by atoms with Crippen molar-refractivity contribution >= 4 is 71.7 Å². The maximum atomic E-state index is 12.8. The van der Waals surface area contributed by atoms with Crippen molar-refractivity contribution in [1.82, 2.24) is 10.3 Å². The fourth-order valence-corrected chi connectivity index (χ4v) is 3.74. The predicted octanol–water partition coefficient (Wildman–Crippen LogP) is 5.20. The summed E-state index contributed by atoms with van der Waals surface area (Å²) in [5.41, 5.74) is 1.20. The van der Waals surface area contributed by atoms with Gasteiger partial charge in [0, 0.05) is 4.47 Å². The van der Waals surface area contributed by atoms with Crippen molar-refractivity contribution in [2.24, 2.45) is 0 Å². The number of ether oxygens (including phenoxy) is 1. The highest BCUT2D eigenvalue weighted by Crippen LogP contribution is 2.36. The van der Waals surface area contributed by atoms with E-state index in [4.69, 9.17) is 17.0 Å². The Balaban J connectivity index is 1.85. The van der Waals surface area contributed by atoms with E-state index in [1.54, 1.807) is 12.1 Å². The summed E-state index contributed by atoms with van der Waals surface area (Å²) in [6, 6.07) is 13.1. The van der Waals surface area contributed by atoms with Crippen LogP contribution in [0.4, 0.5) is 5.82 Å². The Bertz CT molecular complexity index is 1060. The zero-order valence-corrected chi connectivity index (χ0v) is 18.5. The number of anilines is 1. The van der Waals surface area contributed by atoms with Crippen molar-refractivity contribution in [3.8, 4) is 5.75 Å². The van der Waals surface area contributed by atoms with E-state index in [0.717, 1.165) is 25.4 Å². The van der Waals surface area contributed by atoms with Crippen molar-refractivity contribution in [3.63, 3.8) is 0 Å². The molecule has 0 aliphatic heterocycles. The molecule has 3 rings (SSSR count). The molecule has 0 aliphatic carbocycles. The first-order valence-electron chi connectivity index (χ1n) is 7.91. The number of halogens is 2. The molecule has 1 aromatic heterocycles. The summed E-state index contributed by atoms with van der Waals surface area (Å²) in [7, 11) is 1.52. The highest BCUT2D eigenvalue weighted by atomic mass is 79.9. The van der Waals surface area contributed by atoms with E-state index in [1.165, 1.54) is 7.11 Å². The molecule has 1 heterocycles. The molecule has 3 aromatic rings. The second-order valence-corrected chi connectivity index (χ2v) is 7.72. The van der Waals surface area contributed by atoms with Gasteiger partial charge in [0.25, 0.3) is 5.91 Å². The van der Waals surface area contributed by atoms with Crippen LogP contribution in [-0.4, -0.2) is 23.1 Å². The Labute approximate surface area is 178 Å². The molecule has 2 N–H and O–H groups in total. The van der Waals surface area contributed by atoms with Crippen LogP contribution in [0.25, 0.3) is 10.8 Å². The lowest BCUT2D eigenvalue weighted by Gasteiger charge is -2.14. The van der Waals surface area contributed by atoms with Crippen LogP contribution in [0.15, 0.2) is 51.4 Å². The molecule has 0 saturated heterocycles. The quantitative estimate of drug-likeness (QED) is 0.476. The Morgan fingerprint density at radius 2 is 1.93 bits per heavy atom. The molecule has 0 unspecified atom stereocenters. The predicted molar refractivity (Wildman–Crippen MR) is 119 cm³/mol. The molecule has 0 aliphatic rings. The highest BCUT2D eigenvalue weighted by molar-refractivity contribution is 9.11. The lowest BCUT2D eigenvalue weighted by molar-refractivity contribution is 0.0975. The summed E-state index contributed by atoms with van der Waals surface area (Å²) in [6.07, 6.45) is 0. The Morgan fingerprint density at radius 1 is 1.19 bits per heavy atom. The first-order chi connectivity index (χ1) is 12.9. The second-order valence-electron chi connectivity index (χ2n) is 5.66. The van der Waals surface area contributed by atoms with Crippen molar-refractivity contribution < 1.29 is 9.53 Å². The number of methoxy groups -OCH3 is 1. The van der Waals surface area contributed by atoms with Gasteiger partial charge in [-0.1, -0.05) is 24.3 Å². The van der Waals surface area contributed by atoms with Gasteiger partial charge in [0.15, 0.2) is 5.11 Å². The Morgan fingerprint density at radius 3 is 2.63 bits per heavy atom. The van der Waals surface area contributed by atoms with Crippen LogP contribution in [0.1, 0.15) is 16.1 Å². The Kier molecular flexibility index (Phi) is 6.08. The minimum absolute atomic E-state index is 0.153. The van der Waals surface area contributed by atoms with Gasteiger partial charge in [0.1, 0.15) is 11.6 Å². The largest absolute Gasteiger partial charge is 0.495 e. The van der Waals surface area contributed by atoms with Crippen molar-refractivity contribution in [1.29, 1.82) is 0 Å². The molecule has 8 heteroatoms. The van der Waals surface area contributed by atoms with E-state index in [2.05, 4.69) is 47.5 Å². The topological polar surface area (TPSA) is 63.2 Å². The zero-order valence-electron chi connectivity index (χ0n) is 14.5. The summed E-state index contributed by atoms with van der Waals surface area (Å²) >= 11 is 12.2. The standard InChI is InChI=1S/C19H15Br2N3O2S/c1-10-14(20)7-8-15(22-10)23-19(27)24-18(25)13-9-11-5-3-4-6-12(11)16(21)17(13)26-2/h3-9H,1-2H3,(H2,22,23,24,25,27). The molecule has 138 valence electrons. The van der Waals surface area contributed by atoms with E-state index < -0.39 is 0 Å². The normalized spacial score (nSPS) is 10.5. The third kappa shape index (κ3) is 4.28. The van der Waals surface area contributed by atoms with E-state index >= 15 is 0 Å². The summed E-state index contributed by atoms with van der Waals surface area (Å²) in [6.45, 7) is 1.87. The van der Waals surface area contributed by atoms with E-state index in [1.807, 2.05) is 37.3 Å². The Hall–Kier alpha value is -2.03. The minimum atomic E-state index is -0.371. The average Bonchev–Trinajstić information content (AvgIpc) is 2.64. The molecule has 2 aromatic carbocycles. The third-order valence-electron chi connectivity index (χ3n) is 3.88. The van der Waals surface area contributed by atoms with Gasteiger partial charge in [0.2, 0.25) is 0 Å². The molecule has 0 fully saturated rings. The number of rotatable bonds is 3. The average molecular weight is 509 g/mol. The lowest BCUT2D eigenvalue weighted by Crippen LogP contribution is -2.34. The van der Waals surface area contributed by atoms with Gasteiger partial charge in [-0.05, 0) is 80.0 Å². The van der Waals surface area contributed by atoms with Crippen molar-refractivity contribution in [3.05, 3.63) is 62.7 Å². The molecule has 1 amide bonds. The van der Waals surface area contributed by atoms with Gasteiger partial charge in [-0.15, -0.1) is 0 Å². The number of pyridine rings is 1. The fraction of sp³-hybridized carbons (Fsp3) is 0.105. The number of amides is 1. The maximum Gasteiger partial charge on any atom is 0.261 e. The second kappa shape index (κ2) is 8.33. The number of aromatic nitrogens is 1. The number of nitrogens with zero attached hydrogens (tertiary/aromatic N) is 1. The molecule has 0 radical (unpaired) electrons. The van der Waals surface area contributed by atoms with Crippen LogP contribution in [0.3, 0.4) is 0 Å². The number of nitrogens with one attached hydrogen (secondary N) is 2. The number of carbonyl (C=O) groups is 1. The van der Waals surface area contributed by atoms with Gasteiger partial charge in [-0.3, -0.25) is 10.1 Å². The summed E-state index contributed by atoms with van der Waals surface area (Å²) in [5, 5.41) is 7.62. The number of carbonyl (C=O) groups excluding carboxylic acids is 1. The molecule has 27 heavy (non-hydrogen) atoms. The van der Waals surface area contributed by atoms with Gasteiger partial charge in [-0.25, -0.2) is 4.98 Å². The fourth-order valence-electron chi connectivity index (χ4n) is 2.58. The monoisotopic (exact) mass is 507 g/mol. The molecular formula is C19H15Br2N3O2S. The number of thiocarbonyl (C=S) groups is 1. The minimum Gasteiger partial charge on any atom is -0.495 e. The van der Waals surface area contributed by atoms with Crippen LogP contribution in [0.2, 0.25) is 0 Å². The molecule has 5 nitrogen and oxygen atoms in total. The van der Waals surface area contributed by atoms with Crippen LogP contribution >= 0.6 is 44.1 Å². The van der Waals surface area contributed by atoms with Crippen molar-refractivity contribution in [2.75, 3.05) is 12.4 Å². The number of hydrogen-bond donors (Lipinski definition) is 2. The van der Waals surface area contributed by atoms with Gasteiger partial charge >= 0.3 is 0 Å².